The van der Waals surface area contributed by atoms with Crippen molar-refractivity contribution in [1.29, 1.82) is 0 Å². The lowest BCUT2D eigenvalue weighted by Gasteiger charge is -2.42. The summed E-state index contributed by atoms with van der Waals surface area (Å²) in [4.78, 5) is 18.0. The second-order valence-corrected chi connectivity index (χ2v) is 10.6. The molecule has 1 amide bonds. The van der Waals surface area contributed by atoms with Crippen molar-refractivity contribution in [3.8, 4) is 5.75 Å². The number of amides is 1. The summed E-state index contributed by atoms with van der Waals surface area (Å²) in [5.74, 6) is 0.318. The second kappa shape index (κ2) is 10.7. The van der Waals surface area contributed by atoms with E-state index in [1.807, 2.05) is 43.0 Å². The molecule has 0 unspecified atom stereocenters. The largest absolute Gasteiger partial charge is 0.490 e. The number of benzene rings is 2. The lowest BCUT2D eigenvalue weighted by molar-refractivity contribution is -0.132. The van der Waals surface area contributed by atoms with Crippen LogP contribution in [0, 0.1) is 19.7 Å². The smallest absolute Gasteiger partial charge is 0.219 e. The molecule has 0 aliphatic carbocycles. The van der Waals surface area contributed by atoms with Crippen molar-refractivity contribution in [1.82, 2.24) is 9.80 Å². The van der Waals surface area contributed by atoms with Crippen LogP contribution in [0.15, 0.2) is 42.5 Å². The summed E-state index contributed by atoms with van der Waals surface area (Å²) < 4.78 is 19.6. The standard InChI is InChI=1S/C28H38FN3O4/c1-21-7-8-26(15-22(21)2)36-20-28(35)18-30(13-14-32(19-28)23(3)33)17-27(34)9-11-31(12-10-27)25-6-4-5-24(29)16-25/h4-8,15-16,34-35H,9-14,17-20H2,1-3H3/t28-/m0/s1. The number of carbonyl (C=O) groups is 1. The van der Waals surface area contributed by atoms with E-state index in [-0.39, 0.29) is 31.4 Å². The van der Waals surface area contributed by atoms with Crippen LogP contribution in [0.3, 0.4) is 0 Å². The average Bonchev–Trinajstić information content (AvgIpc) is 2.99. The Morgan fingerprint density at radius 1 is 0.972 bits per heavy atom. The molecule has 0 saturated carbocycles. The van der Waals surface area contributed by atoms with Crippen LogP contribution >= 0.6 is 0 Å². The molecule has 2 aliphatic rings. The van der Waals surface area contributed by atoms with E-state index in [0.717, 1.165) is 11.3 Å². The van der Waals surface area contributed by atoms with Crippen molar-refractivity contribution in [2.75, 3.05) is 57.3 Å². The van der Waals surface area contributed by atoms with Crippen LogP contribution in [-0.2, 0) is 4.79 Å². The number of carbonyl (C=O) groups excluding carboxylic acids is 1. The van der Waals surface area contributed by atoms with Crippen LogP contribution < -0.4 is 9.64 Å². The van der Waals surface area contributed by atoms with E-state index >= 15 is 0 Å². The molecule has 4 rings (SSSR count). The van der Waals surface area contributed by atoms with Crippen molar-refractivity contribution in [3.05, 3.63) is 59.4 Å². The Bertz CT molecular complexity index is 1070. The first-order chi connectivity index (χ1) is 17.0. The van der Waals surface area contributed by atoms with E-state index < -0.39 is 11.2 Å². The van der Waals surface area contributed by atoms with Gasteiger partial charge in [-0.1, -0.05) is 12.1 Å². The van der Waals surface area contributed by atoms with E-state index in [1.54, 1.807) is 11.0 Å². The van der Waals surface area contributed by atoms with Gasteiger partial charge < -0.3 is 24.7 Å². The van der Waals surface area contributed by atoms with Crippen molar-refractivity contribution in [2.24, 2.45) is 0 Å². The molecule has 7 nitrogen and oxygen atoms in total. The number of hydrogen-bond donors (Lipinski definition) is 2. The van der Waals surface area contributed by atoms with Crippen molar-refractivity contribution in [3.63, 3.8) is 0 Å². The first-order valence-electron chi connectivity index (χ1n) is 12.7. The first kappa shape index (κ1) is 26.4. The molecule has 2 fully saturated rings. The Morgan fingerprint density at radius 2 is 1.72 bits per heavy atom. The predicted octanol–water partition coefficient (Wildman–Crippen LogP) is 2.75. The maximum absolute atomic E-state index is 13.6. The Morgan fingerprint density at radius 3 is 2.39 bits per heavy atom. The average molecular weight is 500 g/mol. The number of piperidine rings is 1. The SMILES string of the molecule is CC(=O)N1CCN(CC2(O)CCN(c3cccc(F)c3)CC2)C[C@@](O)(COc2ccc(C)c(C)c2)C1. The zero-order valence-electron chi connectivity index (χ0n) is 21.5. The molecule has 8 heteroatoms. The molecule has 2 heterocycles. The highest BCUT2D eigenvalue weighted by Crippen LogP contribution is 2.29. The fourth-order valence-corrected chi connectivity index (χ4v) is 5.19. The third-order valence-corrected chi connectivity index (χ3v) is 7.51. The summed E-state index contributed by atoms with van der Waals surface area (Å²) in [5.41, 5.74) is 0.895. The highest BCUT2D eigenvalue weighted by Gasteiger charge is 2.41. The molecule has 196 valence electrons. The molecule has 36 heavy (non-hydrogen) atoms. The number of ether oxygens (including phenoxy) is 1. The third-order valence-electron chi connectivity index (χ3n) is 7.51. The number of halogens is 1. The van der Waals surface area contributed by atoms with Crippen molar-refractivity contribution < 1.29 is 24.1 Å². The number of aliphatic hydroxyl groups is 2. The highest BCUT2D eigenvalue weighted by molar-refractivity contribution is 5.73. The fourth-order valence-electron chi connectivity index (χ4n) is 5.19. The summed E-state index contributed by atoms with van der Waals surface area (Å²) in [6.07, 6.45) is 1.07. The van der Waals surface area contributed by atoms with Gasteiger partial charge in [0, 0.05) is 51.9 Å². The molecule has 2 N–H and O–H groups in total. The monoisotopic (exact) mass is 499 g/mol. The zero-order chi connectivity index (χ0) is 25.9. The zero-order valence-corrected chi connectivity index (χ0v) is 21.5. The lowest BCUT2D eigenvalue weighted by atomic mass is 9.90. The van der Waals surface area contributed by atoms with Gasteiger partial charge in [-0.3, -0.25) is 9.69 Å². The number of hydrogen-bond acceptors (Lipinski definition) is 6. The second-order valence-electron chi connectivity index (χ2n) is 10.6. The lowest BCUT2D eigenvalue weighted by Crippen LogP contribution is -2.55. The molecule has 0 aromatic heterocycles. The van der Waals surface area contributed by atoms with Gasteiger partial charge in [0.15, 0.2) is 0 Å². The Kier molecular flexibility index (Phi) is 7.87. The van der Waals surface area contributed by atoms with E-state index in [4.69, 9.17) is 4.74 Å². The van der Waals surface area contributed by atoms with E-state index in [9.17, 15) is 19.4 Å². The molecular weight excluding hydrogens is 461 g/mol. The fraction of sp³-hybridized carbons (Fsp3) is 0.536. The van der Waals surface area contributed by atoms with Crippen molar-refractivity contribution in [2.45, 2.75) is 44.8 Å². The van der Waals surface area contributed by atoms with E-state index in [1.165, 1.54) is 24.6 Å². The summed E-state index contributed by atoms with van der Waals surface area (Å²) in [5, 5.41) is 23.0. The number of rotatable bonds is 6. The van der Waals surface area contributed by atoms with Gasteiger partial charge in [0.1, 0.15) is 23.8 Å². The van der Waals surface area contributed by atoms with Crippen LogP contribution in [0.1, 0.15) is 30.9 Å². The highest BCUT2D eigenvalue weighted by atomic mass is 19.1. The molecule has 2 aromatic rings. The van der Waals surface area contributed by atoms with Gasteiger partial charge in [0.2, 0.25) is 5.91 Å². The van der Waals surface area contributed by atoms with Crippen LogP contribution in [0.25, 0.3) is 0 Å². The minimum Gasteiger partial charge on any atom is -0.490 e. The molecule has 2 aromatic carbocycles. The molecule has 0 radical (unpaired) electrons. The number of β-amino-alcohol motifs (C(OH)–C–C–N with tert-alkyl or cyclic N) is 2. The Balaban J connectivity index is 1.41. The summed E-state index contributed by atoms with van der Waals surface area (Å²) in [7, 11) is 0. The van der Waals surface area contributed by atoms with Crippen molar-refractivity contribution >= 4 is 11.6 Å². The van der Waals surface area contributed by atoms with Crippen LogP contribution in [0.4, 0.5) is 10.1 Å². The summed E-state index contributed by atoms with van der Waals surface area (Å²) in [6.45, 7) is 8.73. The Labute approximate surface area is 213 Å². The topological polar surface area (TPSA) is 76.5 Å². The third kappa shape index (κ3) is 6.55. The van der Waals surface area contributed by atoms with Gasteiger partial charge in [-0.2, -0.15) is 0 Å². The minimum absolute atomic E-state index is 0.0432. The Hall–Kier alpha value is -2.68. The van der Waals surface area contributed by atoms with Gasteiger partial charge in [-0.25, -0.2) is 4.39 Å². The first-order valence-corrected chi connectivity index (χ1v) is 12.7. The molecule has 0 spiro atoms. The normalized spacial score (nSPS) is 22.8. The molecule has 2 aliphatic heterocycles. The minimum atomic E-state index is -1.28. The van der Waals surface area contributed by atoms with Gasteiger partial charge in [0.05, 0.1) is 12.1 Å². The molecule has 1 atom stereocenters. The quantitative estimate of drug-likeness (QED) is 0.637. The van der Waals surface area contributed by atoms with Gasteiger partial charge in [-0.05, 0) is 68.1 Å². The van der Waals surface area contributed by atoms with Crippen LogP contribution in [-0.4, -0.2) is 89.5 Å². The van der Waals surface area contributed by atoms with Gasteiger partial charge in [0.25, 0.3) is 0 Å². The van der Waals surface area contributed by atoms with Crippen LogP contribution in [0.2, 0.25) is 0 Å². The predicted molar refractivity (Wildman–Crippen MR) is 138 cm³/mol. The molecular formula is C28H38FN3O4. The maximum atomic E-state index is 13.6. The summed E-state index contributed by atoms with van der Waals surface area (Å²) >= 11 is 0. The van der Waals surface area contributed by atoms with Gasteiger partial charge in [-0.15, -0.1) is 0 Å². The number of nitrogens with zero attached hydrogens (tertiary/aromatic N) is 3. The molecule has 2 saturated heterocycles. The number of anilines is 1. The maximum Gasteiger partial charge on any atom is 0.219 e. The van der Waals surface area contributed by atoms with Crippen LogP contribution in [0.5, 0.6) is 5.75 Å². The van der Waals surface area contributed by atoms with E-state index in [0.29, 0.717) is 51.3 Å². The molecule has 0 bridgehead atoms. The van der Waals surface area contributed by atoms with Gasteiger partial charge >= 0.3 is 0 Å². The summed E-state index contributed by atoms with van der Waals surface area (Å²) in [6, 6.07) is 12.4. The van der Waals surface area contributed by atoms with E-state index in [2.05, 4.69) is 4.90 Å². The number of aryl methyl sites for hydroxylation is 2.